The van der Waals surface area contributed by atoms with Gasteiger partial charge in [-0.2, -0.15) is 10.1 Å². The Morgan fingerprint density at radius 2 is 1.66 bits per heavy atom. The molecule has 0 spiro atoms. The van der Waals surface area contributed by atoms with E-state index in [1.807, 2.05) is 18.2 Å². The third kappa shape index (κ3) is 4.83. The normalized spacial score (nSPS) is 14.1. The molecule has 0 radical (unpaired) electrons. The van der Waals surface area contributed by atoms with Crippen LogP contribution in [0.1, 0.15) is 44.6 Å². The van der Waals surface area contributed by atoms with Crippen LogP contribution < -0.4 is 15.5 Å². The molecule has 0 bridgehead atoms. The molecule has 0 saturated carbocycles. The average molecular weight is 389 g/mol. The number of nitrogens with one attached hydrogen (secondary N) is 2. The molecule has 6 nitrogen and oxygen atoms in total. The molecular weight excluding hydrogens is 360 g/mol. The summed E-state index contributed by atoms with van der Waals surface area (Å²) in [6, 6.07) is 16.7. The van der Waals surface area contributed by atoms with Gasteiger partial charge in [-0.05, 0) is 61.1 Å². The number of nitrogens with zero attached hydrogens (tertiary/aromatic N) is 4. The number of hydrogen-bond acceptors (Lipinski definition) is 6. The highest BCUT2D eigenvalue weighted by molar-refractivity contribution is 5.63. The lowest BCUT2D eigenvalue weighted by Crippen LogP contribution is -2.29. The molecule has 0 aliphatic carbocycles. The number of hydrogen-bond donors (Lipinski definition) is 2. The summed E-state index contributed by atoms with van der Waals surface area (Å²) in [5.74, 6) is 1.55. The van der Waals surface area contributed by atoms with Crippen LogP contribution >= 0.6 is 0 Å². The van der Waals surface area contributed by atoms with Crippen molar-refractivity contribution in [3.63, 3.8) is 0 Å². The minimum Gasteiger partial charge on any atom is -0.372 e. The Morgan fingerprint density at radius 1 is 0.897 bits per heavy atom. The number of aromatic nitrogens is 3. The molecule has 0 amide bonds. The summed E-state index contributed by atoms with van der Waals surface area (Å²) in [6.07, 6.45) is 5.54. The van der Waals surface area contributed by atoms with Gasteiger partial charge in [-0.1, -0.05) is 32.0 Å². The van der Waals surface area contributed by atoms with Crippen molar-refractivity contribution in [3.05, 3.63) is 60.3 Å². The van der Waals surface area contributed by atoms with E-state index in [2.05, 4.69) is 74.9 Å². The molecule has 1 aromatic heterocycles. The van der Waals surface area contributed by atoms with Crippen LogP contribution in [0.4, 0.5) is 28.8 Å². The molecular formula is C23H28N6. The highest BCUT2D eigenvalue weighted by atomic mass is 15.3. The number of piperidine rings is 1. The lowest BCUT2D eigenvalue weighted by Gasteiger charge is -2.28. The van der Waals surface area contributed by atoms with Crippen LogP contribution in [0, 0.1) is 0 Å². The number of anilines is 5. The first-order chi connectivity index (χ1) is 14.2. The highest BCUT2D eigenvalue weighted by Gasteiger charge is 2.11. The van der Waals surface area contributed by atoms with Crippen LogP contribution in [0.25, 0.3) is 0 Å². The van der Waals surface area contributed by atoms with Gasteiger partial charge < -0.3 is 15.5 Å². The van der Waals surface area contributed by atoms with E-state index in [0.717, 1.165) is 24.5 Å². The highest BCUT2D eigenvalue weighted by Crippen LogP contribution is 2.26. The summed E-state index contributed by atoms with van der Waals surface area (Å²) in [5.41, 5.74) is 4.50. The molecule has 1 aliphatic heterocycles. The van der Waals surface area contributed by atoms with Crippen molar-refractivity contribution in [2.75, 3.05) is 28.6 Å². The third-order valence-electron chi connectivity index (χ3n) is 5.25. The molecule has 1 fully saturated rings. The second-order valence-corrected chi connectivity index (χ2v) is 7.75. The molecule has 0 atom stereocenters. The molecule has 150 valence electrons. The molecule has 0 unspecified atom stereocenters. The number of para-hydroxylation sites is 1. The van der Waals surface area contributed by atoms with E-state index < -0.39 is 0 Å². The first-order valence-corrected chi connectivity index (χ1v) is 10.4. The minimum absolute atomic E-state index is 0.409. The Labute approximate surface area is 172 Å². The first kappa shape index (κ1) is 19.2. The summed E-state index contributed by atoms with van der Waals surface area (Å²) in [7, 11) is 0. The van der Waals surface area contributed by atoms with E-state index in [4.69, 9.17) is 0 Å². The fraction of sp³-hybridized carbons (Fsp3) is 0.348. The van der Waals surface area contributed by atoms with Gasteiger partial charge in [-0.25, -0.2) is 0 Å². The summed E-state index contributed by atoms with van der Waals surface area (Å²) in [4.78, 5) is 7.02. The third-order valence-corrected chi connectivity index (χ3v) is 5.25. The van der Waals surface area contributed by atoms with Gasteiger partial charge in [0.2, 0.25) is 5.95 Å². The van der Waals surface area contributed by atoms with Crippen LogP contribution in [-0.4, -0.2) is 28.3 Å². The molecule has 2 aromatic carbocycles. The maximum atomic E-state index is 4.57. The zero-order valence-corrected chi connectivity index (χ0v) is 17.1. The lowest BCUT2D eigenvalue weighted by molar-refractivity contribution is 0.578. The molecule has 1 aliphatic rings. The average Bonchev–Trinajstić information content (AvgIpc) is 2.75. The topological polar surface area (TPSA) is 66.0 Å². The van der Waals surface area contributed by atoms with Gasteiger partial charge in [0.15, 0.2) is 5.82 Å². The Morgan fingerprint density at radius 3 is 2.41 bits per heavy atom. The summed E-state index contributed by atoms with van der Waals surface area (Å²) in [6.45, 7) is 6.64. The number of rotatable bonds is 6. The van der Waals surface area contributed by atoms with Crippen molar-refractivity contribution >= 4 is 28.8 Å². The summed E-state index contributed by atoms with van der Waals surface area (Å²) in [5, 5.41) is 14.9. The quantitative estimate of drug-likeness (QED) is 0.583. The van der Waals surface area contributed by atoms with Crippen LogP contribution in [0.5, 0.6) is 0 Å². The standard InChI is InChI=1S/C23H28N6/c1-17(2)20-8-4-5-9-21(20)26-23-27-22(16-24-28-23)25-18-10-12-19(13-11-18)29-14-6-3-7-15-29/h4-5,8-13,16-17H,3,6-7,14-15H2,1-2H3,(H2,25,26,27,28). The first-order valence-electron chi connectivity index (χ1n) is 10.4. The molecule has 1 saturated heterocycles. The lowest BCUT2D eigenvalue weighted by atomic mass is 10.0. The van der Waals surface area contributed by atoms with Crippen LogP contribution in [0.15, 0.2) is 54.7 Å². The van der Waals surface area contributed by atoms with Gasteiger partial charge in [0.1, 0.15) is 0 Å². The van der Waals surface area contributed by atoms with E-state index in [9.17, 15) is 0 Å². The molecule has 2 heterocycles. The van der Waals surface area contributed by atoms with E-state index in [1.54, 1.807) is 6.20 Å². The zero-order chi connectivity index (χ0) is 20.1. The van der Waals surface area contributed by atoms with Gasteiger partial charge in [0.05, 0.1) is 6.20 Å². The Hall–Kier alpha value is -3.15. The molecule has 2 N–H and O–H groups in total. The van der Waals surface area contributed by atoms with Gasteiger partial charge in [0, 0.05) is 30.2 Å². The van der Waals surface area contributed by atoms with Crippen LogP contribution in [-0.2, 0) is 0 Å². The van der Waals surface area contributed by atoms with E-state index >= 15 is 0 Å². The predicted molar refractivity (Wildman–Crippen MR) is 119 cm³/mol. The van der Waals surface area contributed by atoms with E-state index in [1.165, 1.54) is 30.5 Å². The minimum atomic E-state index is 0.409. The van der Waals surface area contributed by atoms with Crippen molar-refractivity contribution in [3.8, 4) is 0 Å². The fourth-order valence-electron chi connectivity index (χ4n) is 3.71. The van der Waals surface area contributed by atoms with Gasteiger partial charge in [-0.15, -0.1) is 5.10 Å². The van der Waals surface area contributed by atoms with Gasteiger partial charge >= 0.3 is 0 Å². The Bertz CT molecular complexity index is 932. The van der Waals surface area contributed by atoms with Crippen LogP contribution in [0.3, 0.4) is 0 Å². The monoisotopic (exact) mass is 388 g/mol. The maximum Gasteiger partial charge on any atom is 0.249 e. The maximum absolute atomic E-state index is 4.57. The Kier molecular flexibility index (Phi) is 5.89. The predicted octanol–water partition coefficient (Wildman–Crippen LogP) is 5.47. The SMILES string of the molecule is CC(C)c1ccccc1Nc1nncc(Nc2ccc(N3CCCCC3)cc2)n1. The van der Waals surface area contributed by atoms with Crippen LogP contribution in [0.2, 0.25) is 0 Å². The molecule has 4 rings (SSSR count). The largest absolute Gasteiger partial charge is 0.372 e. The molecule has 6 heteroatoms. The van der Waals surface area contributed by atoms with Gasteiger partial charge in [-0.3, -0.25) is 0 Å². The summed E-state index contributed by atoms with van der Waals surface area (Å²) < 4.78 is 0. The van der Waals surface area contributed by atoms with Crippen molar-refractivity contribution in [2.24, 2.45) is 0 Å². The van der Waals surface area contributed by atoms with Gasteiger partial charge in [0.25, 0.3) is 0 Å². The van der Waals surface area contributed by atoms with E-state index in [-0.39, 0.29) is 0 Å². The second-order valence-electron chi connectivity index (χ2n) is 7.75. The fourth-order valence-corrected chi connectivity index (χ4v) is 3.71. The molecule has 29 heavy (non-hydrogen) atoms. The van der Waals surface area contributed by atoms with Crippen molar-refractivity contribution in [1.82, 2.24) is 15.2 Å². The molecule has 3 aromatic rings. The summed E-state index contributed by atoms with van der Waals surface area (Å²) >= 11 is 0. The number of benzene rings is 2. The van der Waals surface area contributed by atoms with E-state index in [0.29, 0.717) is 17.7 Å². The van der Waals surface area contributed by atoms with Crippen molar-refractivity contribution in [2.45, 2.75) is 39.0 Å². The van der Waals surface area contributed by atoms with Crippen molar-refractivity contribution < 1.29 is 0 Å². The second kappa shape index (κ2) is 8.90. The zero-order valence-electron chi connectivity index (χ0n) is 17.1. The Balaban J connectivity index is 1.45. The van der Waals surface area contributed by atoms with Crippen molar-refractivity contribution in [1.29, 1.82) is 0 Å². The smallest absolute Gasteiger partial charge is 0.249 e.